The standard InChI is InChI=1S/C17H14ClNO8/c1-2-7-27-17(26)13-11(15(22)23)10(14(20)21)12(16(24)25)19(13)9-5-3-8(18)4-6-9/h3-6H,2,7H2,1H3,(H,20,21)(H,22,23)(H,24,25). The molecule has 3 N–H and O–H groups in total. The molecule has 0 bridgehead atoms. The summed E-state index contributed by atoms with van der Waals surface area (Å²) in [5.41, 5.74) is -3.53. The summed E-state index contributed by atoms with van der Waals surface area (Å²) in [6.45, 7) is 1.64. The van der Waals surface area contributed by atoms with Gasteiger partial charge in [0.25, 0.3) is 0 Å². The number of aromatic nitrogens is 1. The van der Waals surface area contributed by atoms with Gasteiger partial charge in [0, 0.05) is 10.7 Å². The lowest BCUT2D eigenvalue weighted by Crippen LogP contribution is -2.17. The maximum absolute atomic E-state index is 12.5. The van der Waals surface area contributed by atoms with Crippen LogP contribution in [0.2, 0.25) is 5.02 Å². The van der Waals surface area contributed by atoms with Crippen LogP contribution < -0.4 is 0 Å². The lowest BCUT2D eigenvalue weighted by Gasteiger charge is -2.12. The molecule has 1 heterocycles. The van der Waals surface area contributed by atoms with E-state index >= 15 is 0 Å². The Balaban J connectivity index is 2.97. The van der Waals surface area contributed by atoms with Gasteiger partial charge in [0.1, 0.15) is 22.5 Å². The second-order valence-electron chi connectivity index (χ2n) is 5.31. The third kappa shape index (κ3) is 3.77. The van der Waals surface area contributed by atoms with Crippen molar-refractivity contribution in [1.82, 2.24) is 4.57 Å². The van der Waals surface area contributed by atoms with E-state index in [0.29, 0.717) is 11.4 Å². The highest BCUT2D eigenvalue weighted by Crippen LogP contribution is 2.29. The molecule has 9 nitrogen and oxygen atoms in total. The van der Waals surface area contributed by atoms with E-state index in [2.05, 4.69) is 0 Å². The number of carboxylic acid groups (broad SMARTS) is 3. The molecular weight excluding hydrogens is 382 g/mol. The van der Waals surface area contributed by atoms with Crippen molar-refractivity contribution in [1.29, 1.82) is 0 Å². The molecule has 0 unspecified atom stereocenters. The van der Waals surface area contributed by atoms with Gasteiger partial charge in [-0.15, -0.1) is 0 Å². The van der Waals surface area contributed by atoms with E-state index in [4.69, 9.17) is 16.3 Å². The predicted octanol–water partition coefficient (Wildman–Crippen LogP) is 2.79. The average molecular weight is 396 g/mol. The van der Waals surface area contributed by atoms with Crippen LogP contribution in [0.15, 0.2) is 24.3 Å². The Labute approximate surface area is 157 Å². The summed E-state index contributed by atoms with van der Waals surface area (Å²) < 4.78 is 5.69. The number of rotatable bonds is 7. The zero-order valence-corrected chi connectivity index (χ0v) is 14.7. The van der Waals surface area contributed by atoms with E-state index < -0.39 is 46.4 Å². The summed E-state index contributed by atoms with van der Waals surface area (Å²) in [6.07, 6.45) is 0.424. The molecule has 0 radical (unpaired) electrons. The van der Waals surface area contributed by atoms with Gasteiger partial charge in [0.05, 0.1) is 6.61 Å². The van der Waals surface area contributed by atoms with E-state index in [-0.39, 0.29) is 12.3 Å². The number of aromatic carboxylic acids is 3. The molecule has 0 amide bonds. The molecule has 0 aliphatic heterocycles. The van der Waals surface area contributed by atoms with Crippen LogP contribution in [0.4, 0.5) is 0 Å². The van der Waals surface area contributed by atoms with Crippen LogP contribution in [0.1, 0.15) is 55.0 Å². The Kier molecular flexibility index (Phi) is 5.86. The molecule has 0 aliphatic carbocycles. The molecule has 0 atom stereocenters. The number of nitrogens with zero attached hydrogens (tertiary/aromatic N) is 1. The smallest absolute Gasteiger partial charge is 0.356 e. The third-order valence-corrected chi connectivity index (χ3v) is 3.77. The highest BCUT2D eigenvalue weighted by Gasteiger charge is 2.38. The molecule has 0 saturated carbocycles. The van der Waals surface area contributed by atoms with E-state index in [1.165, 1.54) is 24.3 Å². The van der Waals surface area contributed by atoms with Crippen LogP contribution in [0.3, 0.4) is 0 Å². The monoisotopic (exact) mass is 395 g/mol. The van der Waals surface area contributed by atoms with Gasteiger partial charge in [-0.1, -0.05) is 18.5 Å². The van der Waals surface area contributed by atoms with E-state index in [1.807, 2.05) is 0 Å². The van der Waals surface area contributed by atoms with E-state index in [9.17, 15) is 34.5 Å². The van der Waals surface area contributed by atoms with Crippen molar-refractivity contribution in [2.24, 2.45) is 0 Å². The van der Waals surface area contributed by atoms with Crippen molar-refractivity contribution >= 4 is 35.5 Å². The first-order valence-electron chi connectivity index (χ1n) is 7.62. The van der Waals surface area contributed by atoms with Crippen LogP contribution in [0.5, 0.6) is 0 Å². The van der Waals surface area contributed by atoms with Crippen LogP contribution in [-0.2, 0) is 4.74 Å². The van der Waals surface area contributed by atoms with Crippen molar-refractivity contribution in [3.8, 4) is 5.69 Å². The second kappa shape index (κ2) is 7.92. The second-order valence-corrected chi connectivity index (χ2v) is 5.75. The Morgan fingerprint density at radius 3 is 1.89 bits per heavy atom. The molecule has 2 rings (SSSR count). The molecule has 1 aromatic carbocycles. The Bertz CT molecular complexity index is 929. The predicted molar refractivity (Wildman–Crippen MR) is 92.2 cm³/mol. The van der Waals surface area contributed by atoms with E-state index in [0.717, 1.165) is 4.57 Å². The van der Waals surface area contributed by atoms with Gasteiger partial charge in [0.2, 0.25) is 0 Å². The summed E-state index contributed by atoms with van der Waals surface area (Å²) in [7, 11) is 0. The number of esters is 1. The minimum atomic E-state index is -1.80. The number of hydrogen-bond acceptors (Lipinski definition) is 5. The first kappa shape index (κ1) is 20.0. The fourth-order valence-corrected chi connectivity index (χ4v) is 2.62. The molecule has 0 aliphatic rings. The van der Waals surface area contributed by atoms with Crippen molar-refractivity contribution in [2.45, 2.75) is 13.3 Å². The van der Waals surface area contributed by atoms with Crippen LogP contribution in [0, 0.1) is 0 Å². The summed E-state index contributed by atoms with van der Waals surface area (Å²) in [5, 5.41) is 28.7. The van der Waals surface area contributed by atoms with Gasteiger partial charge in [-0.25, -0.2) is 19.2 Å². The Morgan fingerprint density at radius 2 is 1.44 bits per heavy atom. The quantitative estimate of drug-likeness (QED) is 0.607. The van der Waals surface area contributed by atoms with Crippen LogP contribution in [-0.4, -0.2) is 50.4 Å². The number of carboxylic acids is 3. The van der Waals surface area contributed by atoms with Crippen molar-refractivity contribution < 1.29 is 39.2 Å². The maximum Gasteiger partial charge on any atom is 0.356 e. The molecule has 1 aromatic heterocycles. The van der Waals surface area contributed by atoms with Crippen LogP contribution in [0.25, 0.3) is 5.69 Å². The Morgan fingerprint density at radius 1 is 0.926 bits per heavy atom. The zero-order chi connectivity index (χ0) is 20.3. The highest BCUT2D eigenvalue weighted by molar-refractivity contribution is 6.30. The minimum Gasteiger partial charge on any atom is -0.478 e. The van der Waals surface area contributed by atoms with Gasteiger partial charge in [0.15, 0.2) is 0 Å². The van der Waals surface area contributed by atoms with Crippen molar-refractivity contribution in [2.75, 3.05) is 6.61 Å². The number of benzene rings is 1. The third-order valence-electron chi connectivity index (χ3n) is 3.52. The fraction of sp³-hybridized carbons (Fsp3) is 0.176. The number of hydrogen-bond donors (Lipinski definition) is 3. The van der Waals surface area contributed by atoms with Crippen molar-refractivity contribution in [3.63, 3.8) is 0 Å². The molecule has 27 heavy (non-hydrogen) atoms. The normalized spacial score (nSPS) is 10.4. The van der Waals surface area contributed by atoms with Crippen LogP contribution >= 0.6 is 11.6 Å². The SMILES string of the molecule is CCCOC(=O)c1c(C(=O)O)c(C(=O)O)c(C(=O)O)n1-c1ccc(Cl)cc1. The first-order valence-corrected chi connectivity index (χ1v) is 8.00. The zero-order valence-electron chi connectivity index (χ0n) is 13.9. The summed E-state index contributed by atoms with van der Waals surface area (Å²) in [5.74, 6) is -6.45. The summed E-state index contributed by atoms with van der Waals surface area (Å²) in [6, 6.07) is 5.40. The minimum absolute atomic E-state index is 0.0373. The topological polar surface area (TPSA) is 143 Å². The van der Waals surface area contributed by atoms with Gasteiger partial charge in [-0.2, -0.15) is 0 Å². The molecule has 2 aromatic rings. The fourth-order valence-electron chi connectivity index (χ4n) is 2.50. The number of carbonyl (C=O) groups excluding carboxylic acids is 1. The molecular formula is C17H14ClNO8. The average Bonchev–Trinajstić information content (AvgIpc) is 2.97. The van der Waals surface area contributed by atoms with Gasteiger partial charge in [-0.3, -0.25) is 4.57 Å². The lowest BCUT2D eigenvalue weighted by molar-refractivity contribution is 0.0485. The van der Waals surface area contributed by atoms with Crippen molar-refractivity contribution in [3.05, 3.63) is 51.8 Å². The molecule has 0 fully saturated rings. The molecule has 10 heteroatoms. The van der Waals surface area contributed by atoms with Gasteiger partial charge in [-0.05, 0) is 30.7 Å². The molecule has 0 spiro atoms. The summed E-state index contributed by atoms with van der Waals surface area (Å²) in [4.78, 5) is 47.6. The maximum atomic E-state index is 12.5. The largest absolute Gasteiger partial charge is 0.478 e. The molecule has 142 valence electrons. The first-order chi connectivity index (χ1) is 12.7. The summed E-state index contributed by atoms with van der Waals surface area (Å²) >= 11 is 5.80. The van der Waals surface area contributed by atoms with Gasteiger partial charge < -0.3 is 20.1 Å². The number of ether oxygens (including phenoxy) is 1. The number of carbonyl (C=O) groups is 4. The highest BCUT2D eigenvalue weighted by atomic mass is 35.5. The molecule has 0 saturated heterocycles. The van der Waals surface area contributed by atoms with Gasteiger partial charge >= 0.3 is 23.9 Å². The lowest BCUT2D eigenvalue weighted by atomic mass is 10.1. The van der Waals surface area contributed by atoms with E-state index in [1.54, 1.807) is 6.92 Å². The Hall–Kier alpha value is -3.33. The number of halogens is 1.